The zero-order chi connectivity index (χ0) is 21.8. The predicted molar refractivity (Wildman–Crippen MR) is 111 cm³/mol. The Morgan fingerprint density at radius 3 is 2.45 bits per heavy atom. The number of hydrogen-bond donors (Lipinski definition) is 5. The molecular weight excluding hydrogens is 376 g/mol. The Labute approximate surface area is 172 Å². The number of carbonyl (C=O) groups excluding carboxylic acids is 2. The number of carbonyl (C=O) groups is 2. The van der Waals surface area contributed by atoms with Gasteiger partial charge in [-0.15, -0.1) is 0 Å². The van der Waals surface area contributed by atoms with Crippen molar-refractivity contribution in [1.82, 2.24) is 21.4 Å². The van der Waals surface area contributed by atoms with Gasteiger partial charge in [0.15, 0.2) is 5.03 Å². The number of hydrogen-bond acceptors (Lipinski definition) is 5. The van der Waals surface area contributed by atoms with Crippen LogP contribution in [0, 0.1) is 33.3 Å². The molecule has 0 aromatic heterocycles. The van der Waals surface area contributed by atoms with E-state index in [1.807, 2.05) is 0 Å². The molecule has 0 radical (unpaired) electrons. The Balaban J connectivity index is 2.57. The van der Waals surface area contributed by atoms with E-state index in [1.165, 1.54) is 0 Å². The van der Waals surface area contributed by atoms with Crippen LogP contribution in [-0.2, 0) is 9.59 Å². The molecule has 0 aromatic carbocycles. The summed E-state index contributed by atoms with van der Waals surface area (Å²) in [5.41, 5.74) is 1.72. The van der Waals surface area contributed by atoms with E-state index in [1.54, 1.807) is 5.43 Å². The lowest BCUT2D eigenvalue weighted by molar-refractivity contribution is -0.525. The van der Waals surface area contributed by atoms with Gasteiger partial charge in [-0.25, -0.2) is 10.1 Å². The van der Waals surface area contributed by atoms with Crippen molar-refractivity contribution in [1.29, 1.82) is 5.41 Å². The van der Waals surface area contributed by atoms with Crippen LogP contribution in [0.3, 0.4) is 0 Å². The average Bonchev–Trinajstić information content (AvgIpc) is 2.63. The lowest BCUT2D eigenvalue weighted by atomic mass is 9.80. The van der Waals surface area contributed by atoms with Gasteiger partial charge in [-0.3, -0.25) is 15.0 Å². The fraction of sp³-hybridized carbons (Fsp3) is 0.842. The van der Waals surface area contributed by atoms with Gasteiger partial charge in [0.05, 0.1) is 0 Å². The fourth-order valence-corrected chi connectivity index (χ4v) is 3.51. The molecule has 166 valence electrons. The van der Waals surface area contributed by atoms with Crippen LogP contribution in [0.4, 0.5) is 0 Å². The van der Waals surface area contributed by atoms with E-state index in [2.05, 4.69) is 36.7 Å². The summed E-state index contributed by atoms with van der Waals surface area (Å²) >= 11 is 0. The Hall–Kier alpha value is -2.39. The van der Waals surface area contributed by atoms with Gasteiger partial charge in [0.25, 0.3) is 5.96 Å². The first kappa shape index (κ1) is 24.6. The standard InChI is InChI=1S/C19H36N6O4/c1-13(2)10-12-21-18(27)16(9-6-11-22-19(20)24-25(28)29)23-17(26)15-8-5-4-7-14(15)3/h13-16H,4-12H2,1-3H3,(H,21,27)(H,23,26)(H3,20,22,24)/t14?,15?,16-/m0/s1. The second-order valence-corrected chi connectivity index (χ2v) is 8.22. The molecular formula is C19H36N6O4. The van der Waals surface area contributed by atoms with Gasteiger partial charge in [-0.1, -0.05) is 39.0 Å². The third-order valence-corrected chi connectivity index (χ3v) is 5.28. The van der Waals surface area contributed by atoms with Gasteiger partial charge >= 0.3 is 0 Å². The number of nitrogens with zero attached hydrogens (tertiary/aromatic N) is 1. The minimum absolute atomic E-state index is 0.0645. The summed E-state index contributed by atoms with van der Waals surface area (Å²) < 4.78 is 0. The Bertz CT molecular complexity index is 569. The summed E-state index contributed by atoms with van der Waals surface area (Å²) in [5, 5.41) is 25.2. The van der Waals surface area contributed by atoms with Crippen molar-refractivity contribution in [2.45, 2.75) is 71.8 Å². The predicted octanol–water partition coefficient (Wildman–Crippen LogP) is 1.55. The third-order valence-electron chi connectivity index (χ3n) is 5.28. The molecule has 1 rings (SSSR count). The van der Waals surface area contributed by atoms with Crippen molar-refractivity contribution in [3.05, 3.63) is 10.1 Å². The molecule has 0 spiro atoms. The minimum Gasteiger partial charge on any atom is -0.354 e. The van der Waals surface area contributed by atoms with E-state index in [9.17, 15) is 19.7 Å². The molecule has 0 aliphatic heterocycles. The Morgan fingerprint density at radius 2 is 1.83 bits per heavy atom. The highest BCUT2D eigenvalue weighted by Crippen LogP contribution is 2.29. The maximum Gasteiger partial charge on any atom is 0.251 e. The lowest BCUT2D eigenvalue weighted by Crippen LogP contribution is -2.50. The molecule has 1 fully saturated rings. The second kappa shape index (κ2) is 12.9. The monoisotopic (exact) mass is 412 g/mol. The zero-order valence-electron chi connectivity index (χ0n) is 17.8. The largest absolute Gasteiger partial charge is 0.354 e. The van der Waals surface area contributed by atoms with Gasteiger partial charge in [0.1, 0.15) is 6.04 Å². The first-order valence-electron chi connectivity index (χ1n) is 10.5. The topological polar surface area (TPSA) is 149 Å². The third kappa shape index (κ3) is 10.1. The molecule has 2 amide bonds. The summed E-state index contributed by atoms with van der Waals surface area (Å²) in [7, 11) is 0. The first-order valence-corrected chi connectivity index (χ1v) is 10.5. The summed E-state index contributed by atoms with van der Waals surface area (Å²) in [6.45, 7) is 7.08. The number of amides is 2. The van der Waals surface area contributed by atoms with Gasteiger partial charge in [-0.2, -0.15) is 0 Å². The van der Waals surface area contributed by atoms with Crippen molar-refractivity contribution in [2.75, 3.05) is 13.1 Å². The molecule has 10 nitrogen and oxygen atoms in total. The summed E-state index contributed by atoms with van der Waals surface area (Å²) in [5.74, 6) is 0.0238. The smallest absolute Gasteiger partial charge is 0.251 e. The summed E-state index contributed by atoms with van der Waals surface area (Å²) in [6, 6.07) is -0.650. The van der Waals surface area contributed by atoms with Gasteiger partial charge in [-0.05, 0) is 43.9 Å². The van der Waals surface area contributed by atoms with E-state index < -0.39 is 17.0 Å². The van der Waals surface area contributed by atoms with Crippen molar-refractivity contribution < 1.29 is 14.6 Å². The Morgan fingerprint density at radius 1 is 1.14 bits per heavy atom. The fourth-order valence-electron chi connectivity index (χ4n) is 3.51. The Kier molecular flexibility index (Phi) is 11.0. The average molecular weight is 413 g/mol. The second-order valence-electron chi connectivity index (χ2n) is 8.22. The molecule has 2 unspecified atom stereocenters. The molecule has 29 heavy (non-hydrogen) atoms. The highest BCUT2D eigenvalue weighted by atomic mass is 16.7. The van der Waals surface area contributed by atoms with E-state index >= 15 is 0 Å². The highest BCUT2D eigenvalue weighted by molar-refractivity contribution is 5.88. The van der Waals surface area contributed by atoms with Crippen molar-refractivity contribution in [2.24, 2.45) is 17.8 Å². The SMILES string of the molecule is CC(C)CCNC(=O)[C@H](CCCNC(=N)N[N+](=O)[O-])NC(=O)C1CCCCC1C. The number of guanidine groups is 1. The maximum absolute atomic E-state index is 12.7. The van der Waals surface area contributed by atoms with Crippen LogP contribution >= 0.6 is 0 Å². The molecule has 10 heteroatoms. The molecule has 1 saturated carbocycles. The van der Waals surface area contributed by atoms with Crippen LogP contribution < -0.4 is 21.4 Å². The minimum atomic E-state index is -0.814. The number of nitro groups is 1. The first-order chi connectivity index (χ1) is 13.7. The van der Waals surface area contributed by atoms with Gasteiger partial charge < -0.3 is 16.0 Å². The lowest BCUT2D eigenvalue weighted by Gasteiger charge is -2.29. The van der Waals surface area contributed by atoms with Crippen molar-refractivity contribution >= 4 is 17.8 Å². The molecule has 0 saturated heterocycles. The van der Waals surface area contributed by atoms with E-state index in [-0.39, 0.29) is 24.3 Å². The van der Waals surface area contributed by atoms with Gasteiger partial charge in [0.2, 0.25) is 11.8 Å². The molecule has 3 atom stereocenters. The van der Waals surface area contributed by atoms with E-state index in [0.29, 0.717) is 31.2 Å². The van der Waals surface area contributed by atoms with E-state index in [0.717, 1.165) is 32.1 Å². The van der Waals surface area contributed by atoms with Crippen LogP contribution in [0.1, 0.15) is 65.7 Å². The number of nitrogens with one attached hydrogen (secondary N) is 5. The van der Waals surface area contributed by atoms with Crippen LogP contribution in [0.15, 0.2) is 0 Å². The highest BCUT2D eigenvalue weighted by Gasteiger charge is 2.30. The molecule has 5 N–H and O–H groups in total. The maximum atomic E-state index is 12.7. The molecule has 1 aliphatic carbocycles. The van der Waals surface area contributed by atoms with Gasteiger partial charge in [0, 0.05) is 19.0 Å². The van der Waals surface area contributed by atoms with Crippen LogP contribution in [0.2, 0.25) is 0 Å². The number of rotatable bonds is 11. The summed E-state index contributed by atoms with van der Waals surface area (Å²) in [4.78, 5) is 35.6. The molecule has 0 heterocycles. The summed E-state index contributed by atoms with van der Waals surface area (Å²) in [6.07, 6.45) is 5.77. The van der Waals surface area contributed by atoms with E-state index in [4.69, 9.17) is 5.41 Å². The van der Waals surface area contributed by atoms with Crippen LogP contribution in [0.25, 0.3) is 0 Å². The molecule has 0 bridgehead atoms. The zero-order valence-corrected chi connectivity index (χ0v) is 17.8. The molecule has 1 aliphatic rings. The van der Waals surface area contributed by atoms with Crippen molar-refractivity contribution in [3.8, 4) is 0 Å². The van der Waals surface area contributed by atoms with Crippen LogP contribution in [0.5, 0.6) is 0 Å². The van der Waals surface area contributed by atoms with Crippen LogP contribution in [-0.4, -0.2) is 41.9 Å². The normalized spacial score (nSPS) is 19.9. The quantitative estimate of drug-likeness (QED) is 0.114. The number of hydrazine groups is 1. The molecule has 0 aromatic rings. The van der Waals surface area contributed by atoms with Crippen molar-refractivity contribution in [3.63, 3.8) is 0 Å².